The van der Waals surface area contributed by atoms with Gasteiger partial charge in [-0.15, -0.1) is 0 Å². The fraction of sp³-hybridized carbons (Fsp3) is 0.889. The van der Waals surface area contributed by atoms with Crippen molar-refractivity contribution in [2.45, 2.75) is 41.8 Å². The van der Waals surface area contributed by atoms with Crippen molar-refractivity contribution in [3.05, 3.63) is 0 Å². The monoisotopic (exact) mass is 390 g/mol. The Morgan fingerprint density at radius 2 is 2.23 bits per heavy atom. The Bertz CT molecular complexity index is 175. The summed E-state index contributed by atoms with van der Waals surface area (Å²) in [5.74, 6) is -0.577. The zero-order chi connectivity index (χ0) is 9.68. The molecule has 0 amide bonds. The second kappa shape index (κ2) is 6.28. The van der Waals surface area contributed by atoms with Crippen LogP contribution >= 0.6 is 8.24 Å². The molecule has 0 aromatic rings. The van der Waals surface area contributed by atoms with E-state index in [9.17, 15) is 4.79 Å². The van der Waals surface area contributed by atoms with Crippen LogP contribution in [0.1, 0.15) is 32.6 Å². The molecule has 13 heavy (non-hydrogen) atoms. The van der Waals surface area contributed by atoms with Crippen molar-refractivity contribution in [1.82, 2.24) is 0 Å². The van der Waals surface area contributed by atoms with E-state index in [2.05, 4.69) is 15.2 Å². The molecule has 1 aliphatic carbocycles. The third-order valence-electron chi connectivity index (χ3n) is 2.56. The summed E-state index contributed by atoms with van der Waals surface area (Å²) in [6, 6.07) is 0. The van der Waals surface area contributed by atoms with Crippen molar-refractivity contribution in [2.75, 3.05) is 0 Å². The van der Waals surface area contributed by atoms with Crippen LogP contribution in [0.15, 0.2) is 0 Å². The van der Waals surface area contributed by atoms with E-state index in [0.717, 1.165) is 19.3 Å². The first-order valence-corrected chi connectivity index (χ1v) is 16.8. The van der Waals surface area contributed by atoms with E-state index >= 15 is 0 Å². The zero-order valence-electron chi connectivity index (χ0n) is 8.16. The van der Waals surface area contributed by atoms with Gasteiger partial charge in [0.25, 0.3) is 0 Å². The quantitative estimate of drug-likeness (QED) is 0.752. The van der Waals surface area contributed by atoms with Crippen molar-refractivity contribution in [3.63, 3.8) is 0 Å². The van der Waals surface area contributed by atoms with Gasteiger partial charge in [-0.05, 0) is 0 Å². The summed E-state index contributed by atoms with van der Waals surface area (Å²) in [7, 11) is 2.08. The van der Waals surface area contributed by atoms with E-state index in [1.54, 1.807) is 0 Å². The van der Waals surface area contributed by atoms with Crippen LogP contribution in [0, 0.1) is 5.92 Å². The Balaban J connectivity index is 2.41. The molecule has 2 atom stereocenters. The van der Waals surface area contributed by atoms with Gasteiger partial charge in [0.05, 0.1) is 0 Å². The molecule has 0 spiro atoms. The molecule has 0 radical (unpaired) electrons. The molecule has 72 valence electrons. The number of rotatable bonds is 4. The van der Waals surface area contributed by atoms with Gasteiger partial charge >= 0.3 is 94.9 Å². The average molecular weight is 389 g/mol. The SMILES string of the molecule is C[CH2][Hg][S]C1CCCCC1C(=O)O. The summed E-state index contributed by atoms with van der Waals surface area (Å²) >= 11 is -0.717. The van der Waals surface area contributed by atoms with Gasteiger partial charge in [-0.25, -0.2) is 0 Å². The fourth-order valence-electron chi connectivity index (χ4n) is 1.85. The van der Waals surface area contributed by atoms with Gasteiger partial charge in [0.2, 0.25) is 0 Å². The first kappa shape index (κ1) is 11.8. The van der Waals surface area contributed by atoms with E-state index in [1.165, 1.54) is 10.4 Å². The standard InChI is InChI=1S/C7H12O2S.C2H5.Hg/c8-7(9)5-3-1-2-4-6(5)10;1-2;/h5-6,10H,1-4H2,(H,8,9);1H2,2H3;/q;;+1/p-1. The topological polar surface area (TPSA) is 37.3 Å². The number of carboxylic acids is 1. The Morgan fingerprint density at radius 1 is 1.54 bits per heavy atom. The number of carbonyl (C=O) groups is 1. The predicted octanol–water partition coefficient (Wildman–Crippen LogP) is 2.80. The Kier molecular flexibility index (Phi) is 5.71. The van der Waals surface area contributed by atoms with Gasteiger partial charge in [0, 0.05) is 0 Å². The molecule has 1 N–H and O–H groups in total. The fourth-order valence-corrected chi connectivity index (χ4v) is 14.1. The van der Waals surface area contributed by atoms with E-state index < -0.39 is 29.0 Å². The Labute approximate surface area is 94.4 Å². The third-order valence-corrected chi connectivity index (χ3v) is 16.7. The van der Waals surface area contributed by atoms with E-state index in [0.29, 0.717) is 5.25 Å². The zero-order valence-corrected chi connectivity index (χ0v) is 14.5. The molecule has 0 aromatic carbocycles. The number of hydrogen-bond acceptors (Lipinski definition) is 2. The van der Waals surface area contributed by atoms with Gasteiger partial charge in [-0.1, -0.05) is 0 Å². The molecule has 1 rings (SSSR count). The summed E-state index contributed by atoms with van der Waals surface area (Å²) in [6.07, 6.45) is 4.45. The first-order chi connectivity index (χ1) is 6.25. The van der Waals surface area contributed by atoms with Crippen LogP contribution in [0.25, 0.3) is 0 Å². The number of aliphatic carboxylic acids is 1. The summed E-state index contributed by atoms with van der Waals surface area (Å²) < 4.78 is 1.37. The van der Waals surface area contributed by atoms with Crippen LogP contribution in [0.2, 0.25) is 3.93 Å². The maximum absolute atomic E-state index is 10.9. The second-order valence-corrected chi connectivity index (χ2v) is 17.5. The Morgan fingerprint density at radius 3 is 2.85 bits per heavy atom. The molecule has 4 heteroatoms. The average Bonchev–Trinajstić information content (AvgIpc) is 2.15. The van der Waals surface area contributed by atoms with Crippen LogP contribution in [-0.4, -0.2) is 16.3 Å². The van der Waals surface area contributed by atoms with Crippen LogP contribution in [0.3, 0.4) is 0 Å². The molecule has 0 aromatic heterocycles. The first-order valence-electron chi connectivity index (χ1n) is 5.10. The summed E-state index contributed by atoms with van der Waals surface area (Å²) in [5.41, 5.74) is 0. The summed E-state index contributed by atoms with van der Waals surface area (Å²) in [5, 5.41) is 9.50. The van der Waals surface area contributed by atoms with E-state index in [-0.39, 0.29) is 5.92 Å². The summed E-state index contributed by atoms with van der Waals surface area (Å²) in [4.78, 5) is 10.9. The number of hydrogen-bond donors (Lipinski definition) is 1. The normalized spacial score (nSPS) is 28.1. The molecule has 2 unspecified atom stereocenters. The molecular formula is C9H16HgO2S. The van der Waals surface area contributed by atoms with Crippen LogP contribution in [0.5, 0.6) is 0 Å². The van der Waals surface area contributed by atoms with Crippen LogP contribution in [-0.2, 0) is 27.9 Å². The maximum atomic E-state index is 10.9. The molecule has 2 nitrogen and oxygen atoms in total. The Hall–Kier alpha value is 0.755. The third kappa shape index (κ3) is 3.78. The van der Waals surface area contributed by atoms with Crippen molar-refractivity contribution in [2.24, 2.45) is 5.92 Å². The van der Waals surface area contributed by atoms with Gasteiger partial charge in [0.15, 0.2) is 0 Å². The minimum absolute atomic E-state index is 0.0229. The minimum atomic E-state index is -0.717. The predicted molar refractivity (Wildman–Crippen MR) is 51.5 cm³/mol. The second-order valence-electron chi connectivity index (χ2n) is 3.64. The molecule has 0 aliphatic heterocycles. The molecular weight excluding hydrogens is 373 g/mol. The molecule has 1 saturated carbocycles. The summed E-state index contributed by atoms with van der Waals surface area (Å²) in [6.45, 7) is 2.24. The van der Waals surface area contributed by atoms with Gasteiger partial charge < -0.3 is 0 Å². The van der Waals surface area contributed by atoms with Crippen molar-refractivity contribution in [1.29, 1.82) is 0 Å². The van der Waals surface area contributed by atoms with E-state index in [1.807, 2.05) is 0 Å². The van der Waals surface area contributed by atoms with Gasteiger partial charge in [-0.3, -0.25) is 0 Å². The van der Waals surface area contributed by atoms with Crippen LogP contribution in [0.4, 0.5) is 0 Å². The molecule has 0 bridgehead atoms. The molecule has 1 aliphatic rings. The van der Waals surface area contributed by atoms with Crippen LogP contribution < -0.4 is 0 Å². The molecule has 1 fully saturated rings. The number of carboxylic acid groups (broad SMARTS) is 1. The molecule has 0 heterocycles. The van der Waals surface area contributed by atoms with Crippen molar-refractivity contribution >= 4 is 14.2 Å². The molecule has 0 saturated heterocycles. The van der Waals surface area contributed by atoms with Crippen molar-refractivity contribution < 1.29 is 33.0 Å². The van der Waals surface area contributed by atoms with Gasteiger partial charge in [-0.2, -0.15) is 0 Å². The van der Waals surface area contributed by atoms with E-state index in [4.69, 9.17) is 5.11 Å². The van der Waals surface area contributed by atoms with Gasteiger partial charge in [0.1, 0.15) is 0 Å². The van der Waals surface area contributed by atoms with Crippen molar-refractivity contribution in [3.8, 4) is 0 Å².